The van der Waals surface area contributed by atoms with Crippen LogP contribution in [0.4, 0.5) is 17.1 Å². The van der Waals surface area contributed by atoms with Crippen LogP contribution in [0.2, 0.25) is 0 Å². The highest BCUT2D eigenvalue weighted by Gasteiger charge is 2.18. The zero-order valence-corrected chi connectivity index (χ0v) is 37.9. The Hall–Kier alpha value is -7.62. The van der Waals surface area contributed by atoms with Gasteiger partial charge in [-0.3, -0.25) is 0 Å². The Kier molecular flexibility index (Phi) is 11.1. The second-order valence-electron chi connectivity index (χ2n) is 18.1. The first-order valence-corrected chi connectivity index (χ1v) is 22.9. The standard InChI is InChI=1S/C62H54N2O/c1-6-43(2)44-17-19-46(20-18-44)47-21-23-49(24-22-47)51-29-39-60-58(41-51)59-42-52(30-40-61(59)64(60)56-35-37-57(38-36-56)65-62(3,4)5)50-27-33-55(34-28-50)63(53-15-11-8-12-16-53)54-31-25-48(26-32-54)45-13-9-7-10-14-45/h7-43H,6H2,1-5H3. The quantitative estimate of drug-likeness (QED) is 0.129. The average Bonchev–Trinajstić information content (AvgIpc) is 3.68. The van der Waals surface area contributed by atoms with E-state index in [4.69, 9.17) is 4.74 Å². The summed E-state index contributed by atoms with van der Waals surface area (Å²) in [7, 11) is 0. The predicted molar refractivity (Wildman–Crippen MR) is 276 cm³/mol. The molecule has 318 valence electrons. The van der Waals surface area contributed by atoms with E-state index in [-0.39, 0.29) is 5.60 Å². The molecule has 0 spiro atoms. The number of anilines is 3. The zero-order chi connectivity index (χ0) is 44.5. The van der Waals surface area contributed by atoms with Gasteiger partial charge in [0.2, 0.25) is 0 Å². The van der Waals surface area contributed by atoms with Crippen molar-refractivity contribution in [3.8, 4) is 55.9 Å². The van der Waals surface area contributed by atoms with Crippen LogP contribution in [-0.4, -0.2) is 10.2 Å². The molecule has 10 rings (SSSR count). The third-order valence-corrected chi connectivity index (χ3v) is 12.6. The number of para-hydroxylation sites is 1. The fourth-order valence-corrected chi connectivity index (χ4v) is 9.03. The fraction of sp³-hybridized carbons (Fsp3) is 0.129. The van der Waals surface area contributed by atoms with Gasteiger partial charge in [0.25, 0.3) is 0 Å². The van der Waals surface area contributed by atoms with Crippen LogP contribution in [0.1, 0.15) is 52.5 Å². The minimum atomic E-state index is -0.274. The van der Waals surface area contributed by atoms with Crippen molar-refractivity contribution in [2.24, 2.45) is 0 Å². The van der Waals surface area contributed by atoms with E-state index < -0.39 is 0 Å². The van der Waals surface area contributed by atoms with E-state index in [9.17, 15) is 0 Å². The van der Waals surface area contributed by atoms with E-state index >= 15 is 0 Å². The van der Waals surface area contributed by atoms with Gasteiger partial charge in [-0.2, -0.15) is 0 Å². The molecule has 0 aliphatic rings. The van der Waals surface area contributed by atoms with Gasteiger partial charge in [-0.25, -0.2) is 0 Å². The summed E-state index contributed by atoms with van der Waals surface area (Å²) in [4.78, 5) is 2.32. The molecule has 1 unspecified atom stereocenters. The monoisotopic (exact) mass is 842 g/mol. The van der Waals surface area contributed by atoms with Gasteiger partial charge < -0.3 is 14.2 Å². The Balaban J connectivity index is 1.02. The Morgan fingerprint density at radius 3 is 1.28 bits per heavy atom. The van der Waals surface area contributed by atoms with Crippen molar-refractivity contribution < 1.29 is 4.74 Å². The number of fused-ring (bicyclic) bond motifs is 3. The molecule has 0 aliphatic heterocycles. The number of aromatic nitrogens is 1. The molecule has 1 aromatic heterocycles. The van der Waals surface area contributed by atoms with Crippen LogP contribution >= 0.6 is 0 Å². The van der Waals surface area contributed by atoms with E-state index in [1.807, 2.05) is 0 Å². The van der Waals surface area contributed by atoms with Gasteiger partial charge in [0, 0.05) is 33.5 Å². The Morgan fingerprint density at radius 2 is 0.815 bits per heavy atom. The maximum atomic E-state index is 6.22. The molecule has 3 heteroatoms. The molecule has 1 heterocycles. The Bertz CT molecular complexity index is 3200. The van der Waals surface area contributed by atoms with Crippen molar-refractivity contribution in [3.63, 3.8) is 0 Å². The summed E-state index contributed by atoms with van der Waals surface area (Å²) < 4.78 is 8.60. The van der Waals surface area contributed by atoms with Crippen LogP contribution in [0.25, 0.3) is 72.0 Å². The van der Waals surface area contributed by atoms with Gasteiger partial charge in [-0.05, 0) is 168 Å². The maximum absolute atomic E-state index is 6.22. The van der Waals surface area contributed by atoms with Crippen LogP contribution in [0.5, 0.6) is 5.75 Å². The average molecular weight is 843 g/mol. The molecule has 0 radical (unpaired) electrons. The number of hydrogen-bond donors (Lipinski definition) is 0. The molecule has 0 fully saturated rings. The second kappa shape index (κ2) is 17.5. The smallest absolute Gasteiger partial charge is 0.120 e. The van der Waals surface area contributed by atoms with Crippen LogP contribution in [0, 0.1) is 0 Å². The number of rotatable bonds is 11. The maximum Gasteiger partial charge on any atom is 0.120 e. The normalized spacial score (nSPS) is 12.1. The van der Waals surface area contributed by atoms with Crippen molar-refractivity contribution in [2.45, 2.75) is 52.6 Å². The number of nitrogens with zero attached hydrogens (tertiary/aromatic N) is 2. The highest BCUT2D eigenvalue weighted by molar-refractivity contribution is 6.11. The summed E-state index contributed by atoms with van der Waals surface area (Å²) in [5.74, 6) is 1.43. The van der Waals surface area contributed by atoms with Crippen molar-refractivity contribution >= 4 is 38.9 Å². The molecule has 0 saturated carbocycles. The van der Waals surface area contributed by atoms with Crippen molar-refractivity contribution in [3.05, 3.63) is 224 Å². The molecule has 0 N–H and O–H groups in total. The van der Waals surface area contributed by atoms with Crippen molar-refractivity contribution in [2.75, 3.05) is 4.90 Å². The van der Waals surface area contributed by atoms with Crippen LogP contribution < -0.4 is 9.64 Å². The number of hydrogen-bond acceptors (Lipinski definition) is 2. The zero-order valence-electron chi connectivity index (χ0n) is 37.9. The minimum absolute atomic E-state index is 0.274. The molecule has 9 aromatic carbocycles. The molecule has 3 nitrogen and oxygen atoms in total. The lowest BCUT2D eigenvalue weighted by molar-refractivity contribution is 0.131. The molecular formula is C62H54N2O. The number of ether oxygens (including phenoxy) is 1. The lowest BCUT2D eigenvalue weighted by Gasteiger charge is -2.26. The lowest BCUT2D eigenvalue weighted by Crippen LogP contribution is -2.22. The first-order valence-electron chi connectivity index (χ1n) is 22.9. The largest absolute Gasteiger partial charge is 0.488 e. The lowest BCUT2D eigenvalue weighted by atomic mass is 9.95. The molecule has 1 atom stereocenters. The molecule has 65 heavy (non-hydrogen) atoms. The van der Waals surface area contributed by atoms with Gasteiger partial charge in [-0.1, -0.05) is 147 Å². The van der Waals surface area contributed by atoms with Gasteiger partial charge in [0.05, 0.1) is 11.0 Å². The third-order valence-electron chi connectivity index (χ3n) is 12.6. The van der Waals surface area contributed by atoms with Gasteiger partial charge in [-0.15, -0.1) is 0 Å². The van der Waals surface area contributed by atoms with Gasteiger partial charge >= 0.3 is 0 Å². The summed E-state index contributed by atoms with van der Waals surface area (Å²) in [5.41, 5.74) is 17.5. The van der Waals surface area contributed by atoms with Crippen LogP contribution in [-0.2, 0) is 0 Å². The highest BCUT2D eigenvalue weighted by Crippen LogP contribution is 2.40. The van der Waals surface area contributed by atoms with E-state index in [1.165, 1.54) is 55.3 Å². The summed E-state index contributed by atoms with van der Waals surface area (Å²) >= 11 is 0. The molecule has 0 amide bonds. The Morgan fingerprint density at radius 1 is 0.431 bits per heavy atom. The fourth-order valence-electron chi connectivity index (χ4n) is 9.03. The van der Waals surface area contributed by atoms with E-state index in [0.717, 1.165) is 51.5 Å². The van der Waals surface area contributed by atoms with Crippen LogP contribution in [0.3, 0.4) is 0 Å². The SMILES string of the molecule is CCC(C)c1ccc(-c2ccc(-c3ccc4c(c3)c3cc(-c5ccc(N(c6ccccc6)c6ccc(-c7ccccc7)cc6)cc5)ccc3n4-c3ccc(OC(C)(C)C)cc3)cc2)cc1. The summed E-state index contributed by atoms with van der Waals surface area (Å²) in [6.45, 7) is 10.8. The molecule has 0 saturated heterocycles. The first kappa shape index (κ1) is 41.4. The topological polar surface area (TPSA) is 17.4 Å². The number of benzene rings is 9. The molecular weight excluding hydrogens is 789 g/mol. The molecule has 0 bridgehead atoms. The predicted octanol–water partition coefficient (Wildman–Crippen LogP) is 17.6. The van der Waals surface area contributed by atoms with Crippen molar-refractivity contribution in [1.82, 2.24) is 4.57 Å². The summed E-state index contributed by atoms with van der Waals surface area (Å²) in [5, 5.41) is 2.42. The van der Waals surface area contributed by atoms with Crippen molar-refractivity contribution in [1.29, 1.82) is 0 Å². The molecule has 0 aliphatic carbocycles. The summed E-state index contributed by atoms with van der Waals surface area (Å²) in [6.07, 6.45) is 1.14. The van der Waals surface area contributed by atoms with Crippen LogP contribution in [0.15, 0.2) is 218 Å². The van der Waals surface area contributed by atoms with E-state index in [0.29, 0.717) is 5.92 Å². The Labute approximate surface area is 383 Å². The van der Waals surface area contributed by atoms with Gasteiger partial charge in [0.15, 0.2) is 0 Å². The second-order valence-corrected chi connectivity index (χ2v) is 18.1. The molecule has 10 aromatic rings. The third kappa shape index (κ3) is 8.58. The highest BCUT2D eigenvalue weighted by atomic mass is 16.5. The minimum Gasteiger partial charge on any atom is -0.488 e. The van der Waals surface area contributed by atoms with E-state index in [2.05, 4.69) is 262 Å². The van der Waals surface area contributed by atoms with E-state index in [1.54, 1.807) is 0 Å². The first-order chi connectivity index (χ1) is 31.7. The van der Waals surface area contributed by atoms with Gasteiger partial charge in [0.1, 0.15) is 11.4 Å². The summed E-state index contributed by atoms with van der Waals surface area (Å²) in [6, 6.07) is 79.4.